The topological polar surface area (TPSA) is 91.8 Å². The first-order valence-corrected chi connectivity index (χ1v) is 9.88. The second-order valence-corrected chi connectivity index (χ2v) is 9.15. The Balaban J connectivity index is 1.70. The van der Waals surface area contributed by atoms with Crippen molar-refractivity contribution in [3.8, 4) is 0 Å². The van der Waals surface area contributed by atoms with Crippen LogP contribution in [0.2, 0.25) is 0 Å². The molecule has 1 unspecified atom stereocenters. The molecule has 130 valence electrons. The van der Waals surface area contributed by atoms with Gasteiger partial charge in [0, 0.05) is 12.5 Å². The van der Waals surface area contributed by atoms with Crippen LogP contribution in [0.4, 0.5) is 0 Å². The van der Waals surface area contributed by atoms with Gasteiger partial charge in [-0.1, -0.05) is 30.3 Å². The van der Waals surface area contributed by atoms with E-state index >= 15 is 0 Å². The lowest BCUT2D eigenvalue weighted by molar-refractivity contribution is -0.145. The predicted molar refractivity (Wildman–Crippen MR) is 87.9 cm³/mol. The summed E-state index contributed by atoms with van der Waals surface area (Å²) in [4.78, 5) is 25.3. The minimum atomic E-state index is -2.97. The van der Waals surface area contributed by atoms with Crippen LogP contribution in [0.15, 0.2) is 30.3 Å². The molecule has 2 aliphatic rings. The maximum absolute atomic E-state index is 12.8. The average molecular weight is 351 g/mol. The fourth-order valence-corrected chi connectivity index (χ4v) is 5.23. The number of carboxylic acids is 1. The number of rotatable bonds is 5. The summed E-state index contributed by atoms with van der Waals surface area (Å²) in [5.74, 6) is -1.18. The number of carbonyl (C=O) groups is 2. The molecule has 1 saturated heterocycles. The second-order valence-electron chi connectivity index (χ2n) is 6.84. The molecule has 7 heteroatoms. The van der Waals surface area contributed by atoms with E-state index in [-0.39, 0.29) is 41.8 Å². The maximum Gasteiger partial charge on any atom is 0.323 e. The van der Waals surface area contributed by atoms with Gasteiger partial charge in [-0.3, -0.25) is 9.59 Å². The van der Waals surface area contributed by atoms with Crippen LogP contribution >= 0.6 is 0 Å². The predicted octanol–water partition coefficient (Wildman–Crippen LogP) is 1.31. The average Bonchev–Trinajstić information content (AvgIpc) is 3.24. The minimum absolute atomic E-state index is 0.133. The second kappa shape index (κ2) is 6.20. The Bertz CT molecular complexity index is 730. The molecule has 24 heavy (non-hydrogen) atoms. The van der Waals surface area contributed by atoms with Gasteiger partial charge in [-0.2, -0.15) is 0 Å². The van der Waals surface area contributed by atoms with Crippen LogP contribution in [0.1, 0.15) is 24.8 Å². The van der Waals surface area contributed by atoms with Gasteiger partial charge in [0.05, 0.1) is 11.5 Å². The smallest absolute Gasteiger partial charge is 0.323 e. The molecule has 1 saturated carbocycles. The van der Waals surface area contributed by atoms with Crippen molar-refractivity contribution >= 4 is 21.7 Å². The quantitative estimate of drug-likeness (QED) is 0.864. The Morgan fingerprint density at radius 2 is 1.79 bits per heavy atom. The SMILES string of the molecule is O=C(O)CN(Cc1ccccc1)C(=O)C1CC12CCS(=O)(=O)CC2. The van der Waals surface area contributed by atoms with Gasteiger partial charge in [-0.15, -0.1) is 0 Å². The number of benzene rings is 1. The lowest BCUT2D eigenvalue weighted by Crippen LogP contribution is -2.38. The Hall–Kier alpha value is -1.89. The number of hydrogen-bond acceptors (Lipinski definition) is 4. The highest BCUT2D eigenvalue weighted by Crippen LogP contribution is 2.60. The normalized spacial score (nSPS) is 23.6. The van der Waals surface area contributed by atoms with Crippen molar-refractivity contribution < 1.29 is 23.1 Å². The first-order chi connectivity index (χ1) is 11.3. The molecule has 1 heterocycles. The van der Waals surface area contributed by atoms with Gasteiger partial charge in [-0.25, -0.2) is 8.42 Å². The molecule has 1 aliphatic heterocycles. The highest BCUT2D eigenvalue weighted by Gasteiger charge is 2.60. The van der Waals surface area contributed by atoms with Crippen LogP contribution in [0.3, 0.4) is 0 Å². The first-order valence-electron chi connectivity index (χ1n) is 8.06. The summed E-state index contributed by atoms with van der Waals surface area (Å²) in [6, 6.07) is 9.29. The van der Waals surface area contributed by atoms with Gasteiger partial charge in [0.1, 0.15) is 16.4 Å². The summed E-state index contributed by atoms with van der Waals surface area (Å²) >= 11 is 0. The molecule has 0 aromatic heterocycles. The third-order valence-electron chi connectivity index (χ3n) is 5.16. The van der Waals surface area contributed by atoms with Crippen LogP contribution < -0.4 is 0 Å². The van der Waals surface area contributed by atoms with Gasteiger partial charge in [0.15, 0.2) is 0 Å². The number of aliphatic carboxylic acids is 1. The summed E-state index contributed by atoms with van der Waals surface area (Å²) < 4.78 is 23.2. The highest BCUT2D eigenvalue weighted by molar-refractivity contribution is 7.91. The molecule has 0 bridgehead atoms. The number of sulfone groups is 1. The molecule has 3 rings (SSSR count). The van der Waals surface area contributed by atoms with E-state index in [1.807, 2.05) is 30.3 Å². The molecule has 1 aliphatic carbocycles. The largest absolute Gasteiger partial charge is 0.480 e. The molecule has 0 radical (unpaired) electrons. The number of hydrogen-bond donors (Lipinski definition) is 1. The first kappa shape index (κ1) is 17.0. The zero-order valence-corrected chi connectivity index (χ0v) is 14.2. The molecule has 1 spiro atoms. The molecular formula is C17H21NO5S. The van der Waals surface area contributed by atoms with Crippen LogP contribution in [0, 0.1) is 11.3 Å². The van der Waals surface area contributed by atoms with E-state index in [1.54, 1.807) is 0 Å². The summed E-state index contributed by atoms with van der Waals surface area (Å²) in [7, 11) is -2.97. The molecule has 1 N–H and O–H groups in total. The lowest BCUT2D eigenvalue weighted by Gasteiger charge is -2.26. The zero-order valence-electron chi connectivity index (χ0n) is 13.3. The van der Waals surface area contributed by atoms with E-state index in [2.05, 4.69) is 0 Å². The van der Waals surface area contributed by atoms with E-state index in [0.29, 0.717) is 19.3 Å². The third kappa shape index (κ3) is 3.61. The highest BCUT2D eigenvalue weighted by atomic mass is 32.2. The lowest BCUT2D eigenvalue weighted by atomic mass is 9.95. The number of nitrogens with zero attached hydrogens (tertiary/aromatic N) is 1. The monoisotopic (exact) mass is 351 g/mol. The minimum Gasteiger partial charge on any atom is -0.480 e. The van der Waals surface area contributed by atoms with E-state index in [1.165, 1.54) is 4.90 Å². The van der Waals surface area contributed by atoms with Crippen LogP contribution in [-0.4, -0.2) is 48.4 Å². The Morgan fingerprint density at radius 3 is 2.38 bits per heavy atom. The van der Waals surface area contributed by atoms with E-state index < -0.39 is 15.8 Å². The van der Waals surface area contributed by atoms with Crippen molar-refractivity contribution in [2.24, 2.45) is 11.3 Å². The Morgan fingerprint density at radius 1 is 1.17 bits per heavy atom. The van der Waals surface area contributed by atoms with Gasteiger partial charge in [-0.05, 0) is 30.2 Å². The molecule has 6 nitrogen and oxygen atoms in total. The van der Waals surface area contributed by atoms with E-state index in [9.17, 15) is 18.0 Å². The molecule has 2 fully saturated rings. The summed E-state index contributed by atoms with van der Waals surface area (Å²) in [5.41, 5.74) is 0.656. The number of amides is 1. The molecule has 1 aromatic carbocycles. The summed E-state index contributed by atoms with van der Waals surface area (Å²) in [6.07, 6.45) is 1.70. The van der Waals surface area contributed by atoms with Crippen LogP contribution in [0.5, 0.6) is 0 Å². The molecule has 1 atom stereocenters. The Kier molecular flexibility index (Phi) is 4.38. The van der Waals surface area contributed by atoms with Crippen molar-refractivity contribution in [1.82, 2.24) is 4.90 Å². The fourth-order valence-electron chi connectivity index (χ4n) is 3.59. The van der Waals surface area contributed by atoms with Crippen LogP contribution in [-0.2, 0) is 26.0 Å². The van der Waals surface area contributed by atoms with Gasteiger partial charge < -0.3 is 10.0 Å². The van der Waals surface area contributed by atoms with Crippen molar-refractivity contribution in [2.75, 3.05) is 18.1 Å². The maximum atomic E-state index is 12.8. The molecule has 1 amide bonds. The third-order valence-corrected chi connectivity index (χ3v) is 6.82. The standard InChI is InChI=1S/C17H21NO5S/c19-15(20)12-18(11-13-4-2-1-3-5-13)16(21)14-10-17(14)6-8-24(22,23)9-7-17/h1-5,14H,6-12H2,(H,19,20). The van der Waals surface area contributed by atoms with E-state index in [4.69, 9.17) is 5.11 Å². The van der Waals surface area contributed by atoms with Gasteiger partial charge in [0.25, 0.3) is 0 Å². The van der Waals surface area contributed by atoms with Crippen molar-refractivity contribution in [2.45, 2.75) is 25.8 Å². The Labute approximate surface area is 141 Å². The fraction of sp³-hybridized carbons (Fsp3) is 0.529. The molecular weight excluding hydrogens is 330 g/mol. The van der Waals surface area contributed by atoms with Gasteiger partial charge in [0.2, 0.25) is 5.91 Å². The van der Waals surface area contributed by atoms with Crippen LogP contribution in [0.25, 0.3) is 0 Å². The van der Waals surface area contributed by atoms with Crippen molar-refractivity contribution in [3.63, 3.8) is 0 Å². The summed E-state index contributed by atoms with van der Waals surface area (Å²) in [6.45, 7) is -0.0740. The number of carboxylic acid groups (broad SMARTS) is 1. The number of carbonyl (C=O) groups excluding carboxylic acids is 1. The summed E-state index contributed by atoms with van der Waals surface area (Å²) in [5, 5.41) is 9.11. The van der Waals surface area contributed by atoms with E-state index in [0.717, 1.165) is 5.56 Å². The molecule has 1 aromatic rings. The van der Waals surface area contributed by atoms with Gasteiger partial charge >= 0.3 is 5.97 Å². The van der Waals surface area contributed by atoms with Crippen molar-refractivity contribution in [3.05, 3.63) is 35.9 Å². The zero-order chi connectivity index (χ0) is 17.4. The van der Waals surface area contributed by atoms with Crippen molar-refractivity contribution in [1.29, 1.82) is 0 Å².